The molecule has 0 aliphatic carbocycles. The third-order valence-electron chi connectivity index (χ3n) is 2.92. The fraction of sp³-hybridized carbons (Fsp3) is 0.0769. The molecular formula is C13H11N5O2S. The number of nitrogens with zero attached hydrogens (tertiary/aromatic N) is 2. The molecule has 0 saturated carbocycles. The van der Waals surface area contributed by atoms with Crippen LogP contribution in [0.2, 0.25) is 0 Å². The number of amides is 2. The van der Waals surface area contributed by atoms with Crippen molar-refractivity contribution in [3.63, 3.8) is 0 Å². The zero-order chi connectivity index (χ0) is 15.0. The van der Waals surface area contributed by atoms with E-state index in [1.807, 2.05) is 6.26 Å². The molecule has 2 aromatic rings. The second-order valence-corrected chi connectivity index (χ2v) is 5.11. The van der Waals surface area contributed by atoms with Crippen LogP contribution >= 0.6 is 11.8 Å². The Morgan fingerprint density at radius 1 is 1.14 bits per heavy atom. The van der Waals surface area contributed by atoms with Gasteiger partial charge in [-0.15, -0.1) is 0 Å². The Balaban J connectivity index is 1.93. The number of hydrogen-bond acceptors (Lipinski definition) is 7. The summed E-state index contributed by atoms with van der Waals surface area (Å²) in [5, 5.41) is 5.84. The van der Waals surface area contributed by atoms with Gasteiger partial charge in [-0.25, -0.2) is 9.97 Å². The van der Waals surface area contributed by atoms with E-state index in [0.717, 1.165) is 0 Å². The van der Waals surface area contributed by atoms with E-state index in [2.05, 4.69) is 20.6 Å². The zero-order valence-electron chi connectivity index (χ0n) is 11.0. The molecule has 1 aromatic carbocycles. The van der Waals surface area contributed by atoms with Crippen molar-refractivity contribution in [1.82, 2.24) is 15.3 Å². The van der Waals surface area contributed by atoms with Crippen LogP contribution in [0.5, 0.6) is 0 Å². The SMILES string of the molecule is CSc1nc(N)cc(Nc2ccc3c(c2)C(=O)NC3=O)n1. The largest absolute Gasteiger partial charge is 0.383 e. The zero-order valence-corrected chi connectivity index (χ0v) is 11.8. The molecular weight excluding hydrogens is 290 g/mol. The highest BCUT2D eigenvalue weighted by atomic mass is 32.2. The minimum Gasteiger partial charge on any atom is -0.383 e. The summed E-state index contributed by atoms with van der Waals surface area (Å²) in [5.41, 5.74) is 7.07. The minimum absolute atomic E-state index is 0.345. The molecule has 0 saturated heterocycles. The summed E-state index contributed by atoms with van der Waals surface area (Å²) in [6.45, 7) is 0. The van der Waals surface area contributed by atoms with Crippen LogP contribution in [0.3, 0.4) is 0 Å². The average Bonchev–Trinajstić information content (AvgIpc) is 2.73. The summed E-state index contributed by atoms with van der Waals surface area (Å²) in [6.07, 6.45) is 1.85. The summed E-state index contributed by atoms with van der Waals surface area (Å²) < 4.78 is 0. The van der Waals surface area contributed by atoms with Gasteiger partial charge in [0, 0.05) is 11.8 Å². The van der Waals surface area contributed by atoms with Gasteiger partial charge in [-0.3, -0.25) is 14.9 Å². The maximum absolute atomic E-state index is 11.6. The maximum atomic E-state index is 11.6. The van der Waals surface area contributed by atoms with Gasteiger partial charge in [0.25, 0.3) is 11.8 Å². The standard InChI is InChI=1S/C13H11N5O2S/c1-21-13-16-9(14)5-10(17-13)15-6-2-3-7-8(4-6)12(20)18-11(7)19/h2-5H,1H3,(H,18,19,20)(H3,14,15,16,17). The number of nitrogen functional groups attached to an aromatic ring is 1. The molecule has 1 aromatic heterocycles. The molecule has 0 fully saturated rings. The molecule has 0 spiro atoms. The Labute approximate surface area is 124 Å². The fourth-order valence-corrected chi connectivity index (χ4v) is 2.38. The van der Waals surface area contributed by atoms with Crippen LogP contribution in [0.25, 0.3) is 0 Å². The van der Waals surface area contributed by atoms with Crippen LogP contribution in [-0.4, -0.2) is 28.0 Å². The van der Waals surface area contributed by atoms with Crippen LogP contribution in [-0.2, 0) is 0 Å². The lowest BCUT2D eigenvalue weighted by molar-refractivity contribution is 0.0879. The summed E-state index contributed by atoms with van der Waals surface area (Å²) in [5.74, 6) is 0.102. The third-order valence-corrected chi connectivity index (χ3v) is 3.46. The number of benzene rings is 1. The number of hydrogen-bond donors (Lipinski definition) is 3. The molecule has 2 amide bonds. The van der Waals surface area contributed by atoms with Crippen molar-refractivity contribution >= 4 is 40.9 Å². The summed E-state index contributed by atoms with van der Waals surface area (Å²) >= 11 is 1.38. The van der Waals surface area contributed by atoms with Gasteiger partial charge in [0.1, 0.15) is 11.6 Å². The first kappa shape index (κ1) is 13.4. The molecule has 106 valence electrons. The molecule has 8 heteroatoms. The van der Waals surface area contributed by atoms with Gasteiger partial charge in [-0.1, -0.05) is 11.8 Å². The normalized spacial score (nSPS) is 13.0. The number of nitrogens with one attached hydrogen (secondary N) is 2. The highest BCUT2D eigenvalue weighted by Gasteiger charge is 2.26. The van der Waals surface area contributed by atoms with E-state index in [1.165, 1.54) is 11.8 Å². The summed E-state index contributed by atoms with van der Waals surface area (Å²) in [7, 11) is 0. The van der Waals surface area contributed by atoms with E-state index in [1.54, 1.807) is 24.3 Å². The Bertz CT molecular complexity index is 762. The van der Waals surface area contributed by atoms with Crippen LogP contribution in [0.1, 0.15) is 20.7 Å². The molecule has 2 heterocycles. The summed E-state index contributed by atoms with van der Waals surface area (Å²) in [6, 6.07) is 6.50. The van der Waals surface area contributed by atoms with E-state index in [-0.39, 0.29) is 5.91 Å². The predicted octanol–water partition coefficient (Wildman–Crippen LogP) is 1.41. The van der Waals surface area contributed by atoms with Crippen molar-refractivity contribution in [1.29, 1.82) is 0 Å². The van der Waals surface area contributed by atoms with Gasteiger partial charge in [0.2, 0.25) is 0 Å². The molecule has 0 atom stereocenters. The van der Waals surface area contributed by atoms with Crippen molar-refractivity contribution in [2.45, 2.75) is 5.16 Å². The lowest BCUT2D eigenvalue weighted by atomic mass is 10.1. The van der Waals surface area contributed by atoms with Gasteiger partial charge in [0.15, 0.2) is 5.16 Å². The highest BCUT2D eigenvalue weighted by molar-refractivity contribution is 7.98. The highest BCUT2D eigenvalue weighted by Crippen LogP contribution is 2.24. The lowest BCUT2D eigenvalue weighted by Gasteiger charge is -2.08. The minimum atomic E-state index is -0.398. The topological polar surface area (TPSA) is 110 Å². The second kappa shape index (κ2) is 5.06. The number of imide groups is 1. The number of thioether (sulfide) groups is 1. The van der Waals surface area contributed by atoms with Crippen LogP contribution in [0, 0.1) is 0 Å². The van der Waals surface area contributed by atoms with Crippen LogP contribution < -0.4 is 16.4 Å². The first-order chi connectivity index (χ1) is 10.1. The van der Waals surface area contributed by atoms with Crippen molar-refractivity contribution < 1.29 is 9.59 Å². The van der Waals surface area contributed by atoms with Crippen molar-refractivity contribution in [3.05, 3.63) is 35.4 Å². The first-order valence-electron chi connectivity index (χ1n) is 6.02. The molecule has 1 aliphatic heterocycles. The molecule has 0 bridgehead atoms. The van der Waals surface area contributed by atoms with Crippen molar-refractivity contribution in [2.75, 3.05) is 17.3 Å². The molecule has 21 heavy (non-hydrogen) atoms. The molecule has 4 N–H and O–H groups in total. The number of carbonyl (C=O) groups is 2. The Kier molecular flexibility index (Phi) is 3.22. The molecule has 1 aliphatic rings. The Hall–Kier alpha value is -2.61. The number of rotatable bonds is 3. The first-order valence-corrected chi connectivity index (χ1v) is 7.24. The molecule has 7 nitrogen and oxygen atoms in total. The quantitative estimate of drug-likeness (QED) is 0.446. The van der Waals surface area contributed by atoms with E-state index >= 15 is 0 Å². The third kappa shape index (κ3) is 2.52. The van der Waals surface area contributed by atoms with Crippen LogP contribution in [0.4, 0.5) is 17.3 Å². The monoisotopic (exact) mass is 301 g/mol. The number of fused-ring (bicyclic) bond motifs is 1. The number of aromatic nitrogens is 2. The Morgan fingerprint density at radius 2 is 1.90 bits per heavy atom. The predicted molar refractivity (Wildman–Crippen MR) is 79.7 cm³/mol. The van der Waals surface area contributed by atoms with Gasteiger partial charge >= 0.3 is 0 Å². The number of anilines is 3. The van der Waals surface area contributed by atoms with E-state index in [0.29, 0.717) is 33.6 Å². The Morgan fingerprint density at radius 3 is 2.67 bits per heavy atom. The van der Waals surface area contributed by atoms with Gasteiger partial charge in [-0.05, 0) is 24.5 Å². The van der Waals surface area contributed by atoms with E-state index < -0.39 is 5.91 Å². The summed E-state index contributed by atoms with van der Waals surface area (Å²) in [4.78, 5) is 31.4. The lowest BCUT2D eigenvalue weighted by Crippen LogP contribution is -2.19. The van der Waals surface area contributed by atoms with E-state index in [4.69, 9.17) is 5.73 Å². The van der Waals surface area contributed by atoms with Gasteiger partial charge in [0.05, 0.1) is 11.1 Å². The molecule has 0 radical (unpaired) electrons. The second-order valence-electron chi connectivity index (χ2n) is 4.33. The smallest absolute Gasteiger partial charge is 0.259 e. The van der Waals surface area contributed by atoms with Gasteiger partial charge in [-0.2, -0.15) is 0 Å². The van der Waals surface area contributed by atoms with Crippen molar-refractivity contribution in [2.24, 2.45) is 0 Å². The molecule has 3 rings (SSSR count). The average molecular weight is 301 g/mol. The molecule has 0 unspecified atom stereocenters. The fourth-order valence-electron chi connectivity index (χ4n) is 1.99. The van der Waals surface area contributed by atoms with E-state index in [9.17, 15) is 9.59 Å². The number of carbonyl (C=O) groups excluding carboxylic acids is 2. The van der Waals surface area contributed by atoms with Gasteiger partial charge < -0.3 is 11.1 Å². The van der Waals surface area contributed by atoms with Crippen molar-refractivity contribution in [3.8, 4) is 0 Å². The maximum Gasteiger partial charge on any atom is 0.259 e. The van der Waals surface area contributed by atoms with Crippen LogP contribution in [0.15, 0.2) is 29.4 Å². The number of nitrogens with two attached hydrogens (primary N) is 1.